The van der Waals surface area contributed by atoms with Crippen molar-refractivity contribution in [2.45, 2.75) is 6.18 Å². The molecule has 28 heavy (non-hydrogen) atoms. The van der Waals surface area contributed by atoms with Gasteiger partial charge in [-0.2, -0.15) is 13.2 Å². The van der Waals surface area contributed by atoms with Crippen LogP contribution in [0.5, 0.6) is 0 Å². The van der Waals surface area contributed by atoms with Crippen molar-refractivity contribution >= 4 is 52.5 Å². The fourth-order valence-electron chi connectivity index (χ4n) is 2.56. The lowest BCUT2D eigenvalue weighted by molar-refractivity contribution is -0.138. The first-order valence-electron chi connectivity index (χ1n) is 7.62. The fraction of sp³-hybridized carbons (Fsp3) is 0.0556. The molecule has 0 aromatic heterocycles. The van der Waals surface area contributed by atoms with Gasteiger partial charge in [0.1, 0.15) is 11.4 Å². The van der Waals surface area contributed by atoms with Gasteiger partial charge in [0.05, 0.1) is 11.3 Å². The van der Waals surface area contributed by atoms with E-state index in [2.05, 4.69) is 5.32 Å². The van der Waals surface area contributed by atoms with Crippen molar-refractivity contribution < 1.29 is 27.2 Å². The van der Waals surface area contributed by atoms with Crippen LogP contribution in [0, 0.1) is 5.82 Å². The van der Waals surface area contributed by atoms with Crippen LogP contribution in [0.2, 0.25) is 5.02 Å². The van der Waals surface area contributed by atoms with Crippen LogP contribution in [0.25, 0.3) is 6.08 Å². The van der Waals surface area contributed by atoms with Gasteiger partial charge in [-0.3, -0.25) is 19.8 Å². The second kappa shape index (κ2) is 7.33. The summed E-state index contributed by atoms with van der Waals surface area (Å²) in [4.78, 5) is 25.9. The van der Waals surface area contributed by atoms with Gasteiger partial charge in [0.25, 0.3) is 11.8 Å². The highest BCUT2D eigenvalue weighted by Gasteiger charge is 2.37. The molecule has 0 radical (unpaired) electrons. The summed E-state index contributed by atoms with van der Waals surface area (Å²) < 4.78 is 53.7. The average molecular weight is 429 g/mol. The number of halogens is 5. The zero-order valence-electron chi connectivity index (χ0n) is 13.7. The maximum Gasteiger partial charge on any atom is 0.417 e. The predicted octanol–water partition coefficient (Wildman–Crippen LogP) is 4.33. The number of carbonyl (C=O) groups excluding carboxylic acids is 2. The van der Waals surface area contributed by atoms with Gasteiger partial charge in [-0.25, -0.2) is 4.39 Å². The van der Waals surface area contributed by atoms with Crippen molar-refractivity contribution in [1.29, 1.82) is 0 Å². The number of hydrogen-bond acceptors (Lipinski definition) is 3. The molecule has 1 saturated heterocycles. The Morgan fingerprint density at radius 3 is 2.32 bits per heavy atom. The minimum atomic E-state index is -4.88. The van der Waals surface area contributed by atoms with Crippen LogP contribution in [-0.4, -0.2) is 16.9 Å². The van der Waals surface area contributed by atoms with Gasteiger partial charge >= 0.3 is 6.18 Å². The molecule has 144 valence electrons. The summed E-state index contributed by atoms with van der Waals surface area (Å²) in [6.07, 6.45) is -4.31. The Balaban J connectivity index is 2.12. The highest BCUT2D eigenvalue weighted by atomic mass is 35.5. The van der Waals surface area contributed by atoms with Crippen LogP contribution in [-0.2, 0) is 15.8 Å². The lowest BCUT2D eigenvalue weighted by Gasteiger charge is -2.29. The first-order chi connectivity index (χ1) is 13.1. The smallest absolute Gasteiger partial charge is 0.298 e. The zero-order valence-corrected chi connectivity index (χ0v) is 15.3. The maximum atomic E-state index is 14.1. The molecule has 1 fully saturated rings. The molecule has 4 nitrogen and oxygen atoms in total. The quantitative estimate of drug-likeness (QED) is 0.335. The minimum Gasteiger partial charge on any atom is -0.298 e. The molecular weight excluding hydrogens is 420 g/mol. The van der Waals surface area contributed by atoms with Gasteiger partial charge in [0, 0.05) is 10.6 Å². The van der Waals surface area contributed by atoms with Gasteiger partial charge in [0.2, 0.25) is 0 Å². The van der Waals surface area contributed by atoms with E-state index in [1.807, 2.05) is 0 Å². The Morgan fingerprint density at radius 1 is 1.07 bits per heavy atom. The second-order valence-electron chi connectivity index (χ2n) is 5.63. The van der Waals surface area contributed by atoms with Gasteiger partial charge < -0.3 is 0 Å². The summed E-state index contributed by atoms with van der Waals surface area (Å²) in [6.45, 7) is 0. The summed E-state index contributed by atoms with van der Waals surface area (Å²) in [5, 5.41) is 2.32. The monoisotopic (exact) mass is 428 g/mol. The van der Waals surface area contributed by atoms with Gasteiger partial charge in [-0.05, 0) is 54.7 Å². The zero-order chi connectivity index (χ0) is 20.6. The van der Waals surface area contributed by atoms with Crippen molar-refractivity contribution in [3.8, 4) is 0 Å². The van der Waals surface area contributed by atoms with Crippen molar-refractivity contribution in [3.63, 3.8) is 0 Å². The van der Waals surface area contributed by atoms with E-state index < -0.39 is 40.5 Å². The average Bonchev–Trinajstić information content (AvgIpc) is 2.60. The molecule has 1 aliphatic rings. The highest BCUT2D eigenvalue weighted by Crippen LogP contribution is 2.34. The Morgan fingerprint density at radius 2 is 1.71 bits per heavy atom. The number of benzene rings is 2. The largest absolute Gasteiger partial charge is 0.417 e. The van der Waals surface area contributed by atoms with E-state index in [9.17, 15) is 27.2 Å². The number of hydrogen-bond donors (Lipinski definition) is 1. The molecule has 3 rings (SSSR count). The van der Waals surface area contributed by atoms with Crippen LogP contribution in [0.15, 0.2) is 48.0 Å². The molecule has 0 unspecified atom stereocenters. The first kappa shape index (κ1) is 20.0. The Bertz CT molecular complexity index is 1020. The summed E-state index contributed by atoms with van der Waals surface area (Å²) in [7, 11) is 0. The Kier molecular flexibility index (Phi) is 5.22. The van der Waals surface area contributed by atoms with E-state index in [4.69, 9.17) is 23.8 Å². The van der Waals surface area contributed by atoms with Crippen LogP contribution >= 0.6 is 23.8 Å². The molecular formula is C18H9ClF4N2O2S. The van der Waals surface area contributed by atoms with E-state index in [0.29, 0.717) is 17.2 Å². The van der Waals surface area contributed by atoms with Crippen LogP contribution < -0.4 is 10.2 Å². The molecule has 0 atom stereocenters. The van der Waals surface area contributed by atoms with E-state index in [-0.39, 0.29) is 10.8 Å². The molecule has 0 spiro atoms. The SMILES string of the molecule is O=C1NC(=S)N(c2ccc(Cl)cc2)C(=O)/C1=C/c1c(F)cccc1C(F)(F)F. The minimum absolute atomic E-state index is 0.231. The number of amides is 2. The van der Waals surface area contributed by atoms with E-state index >= 15 is 0 Å². The van der Waals surface area contributed by atoms with E-state index in [0.717, 1.165) is 17.0 Å². The van der Waals surface area contributed by atoms with Gasteiger partial charge in [-0.15, -0.1) is 0 Å². The standard InChI is InChI=1S/C18H9ClF4N2O2S/c19-9-4-6-10(7-5-9)25-16(27)12(15(26)24-17(25)28)8-11-13(18(21,22)23)2-1-3-14(11)20/h1-8H,(H,24,26,28)/b12-8+. The summed E-state index contributed by atoms with van der Waals surface area (Å²) in [5.74, 6) is -3.25. The number of rotatable bonds is 2. The second-order valence-corrected chi connectivity index (χ2v) is 6.46. The maximum absolute atomic E-state index is 14.1. The molecule has 1 aliphatic heterocycles. The summed E-state index contributed by atoms with van der Waals surface area (Å²) in [6, 6.07) is 8.14. The molecule has 1 N–H and O–H groups in total. The first-order valence-corrected chi connectivity index (χ1v) is 8.41. The lowest BCUT2D eigenvalue weighted by Crippen LogP contribution is -2.54. The molecule has 0 saturated carbocycles. The number of anilines is 1. The lowest BCUT2D eigenvalue weighted by atomic mass is 10.0. The van der Waals surface area contributed by atoms with Gasteiger partial charge in [-0.1, -0.05) is 17.7 Å². The molecule has 10 heteroatoms. The Hall–Kier alpha value is -2.78. The van der Waals surface area contributed by atoms with Gasteiger partial charge in [0.15, 0.2) is 5.11 Å². The number of nitrogens with one attached hydrogen (secondary N) is 1. The van der Waals surface area contributed by atoms with Crippen molar-refractivity contribution in [2.24, 2.45) is 0 Å². The van der Waals surface area contributed by atoms with E-state index in [1.165, 1.54) is 24.3 Å². The molecule has 1 heterocycles. The molecule has 2 aromatic rings. The van der Waals surface area contributed by atoms with Crippen molar-refractivity contribution in [1.82, 2.24) is 5.32 Å². The molecule has 2 amide bonds. The third-order valence-electron chi connectivity index (χ3n) is 3.83. The molecule has 2 aromatic carbocycles. The third kappa shape index (κ3) is 3.76. The number of alkyl halides is 3. The summed E-state index contributed by atoms with van der Waals surface area (Å²) in [5.41, 5.74) is -2.70. The van der Waals surface area contributed by atoms with Crippen LogP contribution in [0.4, 0.5) is 23.2 Å². The van der Waals surface area contributed by atoms with Crippen molar-refractivity contribution in [2.75, 3.05) is 4.90 Å². The number of nitrogens with zero attached hydrogens (tertiary/aromatic N) is 1. The van der Waals surface area contributed by atoms with Crippen LogP contribution in [0.1, 0.15) is 11.1 Å². The summed E-state index contributed by atoms with van der Waals surface area (Å²) >= 11 is 10.8. The topological polar surface area (TPSA) is 49.4 Å². The van der Waals surface area contributed by atoms with E-state index in [1.54, 1.807) is 0 Å². The van der Waals surface area contributed by atoms with Crippen LogP contribution in [0.3, 0.4) is 0 Å². The van der Waals surface area contributed by atoms with Crippen molar-refractivity contribution in [3.05, 3.63) is 70.0 Å². The number of thiocarbonyl (C=S) groups is 1. The number of carbonyl (C=O) groups is 2. The highest BCUT2D eigenvalue weighted by molar-refractivity contribution is 7.80. The Labute approximate surface area is 166 Å². The molecule has 0 aliphatic carbocycles. The predicted molar refractivity (Wildman–Crippen MR) is 99.1 cm³/mol. The molecule has 0 bridgehead atoms. The third-order valence-corrected chi connectivity index (χ3v) is 4.37. The fourth-order valence-corrected chi connectivity index (χ4v) is 2.96. The normalized spacial score (nSPS) is 16.5.